The van der Waals surface area contributed by atoms with Crippen LogP contribution in [0.5, 0.6) is 0 Å². The molecule has 2 unspecified atom stereocenters. The lowest BCUT2D eigenvalue weighted by Crippen LogP contribution is -2.13. The van der Waals surface area contributed by atoms with Gasteiger partial charge in [-0.15, -0.1) is 0 Å². The fraction of sp³-hybridized carbons (Fsp3) is 0.786. The largest absolute Gasteiger partial charge is 0.460 e. The molecule has 0 aromatic heterocycles. The van der Waals surface area contributed by atoms with E-state index in [1.165, 1.54) is 0 Å². The number of aliphatic hydroxyl groups is 1. The maximum Gasteiger partial charge on any atom is 0.333 e. The minimum absolute atomic E-state index is 0.0678. The summed E-state index contributed by atoms with van der Waals surface area (Å²) >= 11 is 0. The number of esters is 1. The number of carbonyl (C=O) groups excluding carboxylic acids is 1. The average Bonchev–Trinajstić information content (AvgIpc) is 2.42. The molecule has 98 valence electrons. The van der Waals surface area contributed by atoms with Crippen LogP contribution in [0.25, 0.3) is 0 Å². The lowest BCUT2D eigenvalue weighted by molar-refractivity contribution is -0.142. The predicted octanol–water partition coefficient (Wildman–Crippen LogP) is 2.83. The Labute approximate surface area is 104 Å². The standard InChI is InChI=1S/C14H24O3/c1-10(2)17-14(16)11(3)9-12-5-4-6-13(15)8-7-12/h9-10,12-13,15H,4-8H2,1-3H3. The summed E-state index contributed by atoms with van der Waals surface area (Å²) in [6.07, 6.45) is 6.58. The minimum Gasteiger partial charge on any atom is -0.460 e. The van der Waals surface area contributed by atoms with Crippen LogP contribution in [-0.2, 0) is 9.53 Å². The van der Waals surface area contributed by atoms with Gasteiger partial charge in [0.2, 0.25) is 0 Å². The van der Waals surface area contributed by atoms with Gasteiger partial charge in [-0.1, -0.05) is 12.5 Å². The maximum absolute atomic E-state index is 11.6. The molecular formula is C14H24O3. The van der Waals surface area contributed by atoms with Gasteiger partial charge in [-0.3, -0.25) is 0 Å². The Morgan fingerprint density at radius 1 is 1.29 bits per heavy atom. The normalized spacial score (nSPS) is 26.8. The Kier molecular flexibility index (Phi) is 5.69. The van der Waals surface area contributed by atoms with Crippen LogP contribution in [0.15, 0.2) is 11.6 Å². The number of allylic oxidation sites excluding steroid dienone is 1. The van der Waals surface area contributed by atoms with E-state index in [2.05, 4.69) is 0 Å². The van der Waals surface area contributed by atoms with Gasteiger partial charge >= 0.3 is 5.97 Å². The van der Waals surface area contributed by atoms with E-state index in [1.807, 2.05) is 26.8 Å². The zero-order valence-electron chi connectivity index (χ0n) is 11.1. The third-order valence-electron chi connectivity index (χ3n) is 3.13. The smallest absolute Gasteiger partial charge is 0.333 e. The van der Waals surface area contributed by atoms with Crippen LogP contribution in [-0.4, -0.2) is 23.3 Å². The molecule has 1 aliphatic rings. The van der Waals surface area contributed by atoms with E-state index in [0.717, 1.165) is 32.1 Å². The van der Waals surface area contributed by atoms with Crippen LogP contribution in [0.1, 0.15) is 52.9 Å². The number of aliphatic hydroxyl groups excluding tert-OH is 1. The van der Waals surface area contributed by atoms with Crippen molar-refractivity contribution in [2.75, 3.05) is 0 Å². The van der Waals surface area contributed by atoms with Crippen molar-refractivity contribution >= 4 is 5.97 Å². The van der Waals surface area contributed by atoms with Crippen molar-refractivity contribution in [1.82, 2.24) is 0 Å². The molecule has 0 aromatic rings. The van der Waals surface area contributed by atoms with Crippen molar-refractivity contribution in [2.24, 2.45) is 5.92 Å². The first-order valence-corrected chi connectivity index (χ1v) is 6.56. The van der Waals surface area contributed by atoms with Crippen LogP contribution in [0.2, 0.25) is 0 Å². The number of carbonyl (C=O) groups is 1. The molecule has 0 aliphatic heterocycles. The number of rotatable bonds is 3. The molecule has 0 saturated heterocycles. The molecule has 0 radical (unpaired) electrons. The Hall–Kier alpha value is -0.830. The second kappa shape index (κ2) is 6.80. The van der Waals surface area contributed by atoms with E-state index in [1.54, 1.807) is 0 Å². The summed E-state index contributed by atoms with van der Waals surface area (Å²) < 4.78 is 5.15. The molecule has 0 heterocycles. The zero-order valence-corrected chi connectivity index (χ0v) is 11.1. The first-order valence-electron chi connectivity index (χ1n) is 6.56. The summed E-state index contributed by atoms with van der Waals surface area (Å²) in [5.74, 6) is 0.191. The molecule has 1 aliphatic carbocycles. The Balaban J connectivity index is 2.52. The molecule has 17 heavy (non-hydrogen) atoms. The van der Waals surface area contributed by atoms with E-state index in [0.29, 0.717) is 11.5 Å². The molecule has 0 amide bonds. The molecular weight excluding hydrogens is 216 g/mol. The number of ether oxygens (including phenoxy) is 1. The Morgan fingerprint density at radius 2 is 2.00 bits per heavy atom. The lowest BCUT2D eigenvalue weighted by Gasteiger charge is -2.12. The van der Waals surface area contributed by atoms with Gasteiger partial charge in [0.15, 0.2) is 0 Å². The first kappa shape index (κ1) is 14.2. The van der Waals surface area contributed by atoms with Crippen LogP contribution < -0.4 is 0 Å². The van der Waals surface area contributed by atoms with Gasteiger partial charge in [-0.25, -0.2) is 4.79 Å². The van der Waals surface area contributed by atoms with Gasteiger partial charge in [-0.05, 0) is 52.4 Å². The summed E-state index contributed by atoms with van der Waals surface area (Å²) in [5, 5.41) is 9.56. The first-order chi connectivity index (χ1) is 7.99. The summed E-state index contributed by atoms with van der Waals surface area (Å²) in [4.78, 5) is 11.6. The summed E-state index contributed by atoms with van der Waals surface area (Å²) in [5.41, 5.74) is 0.695. The van der Waals surface area contributed by atoms with E-state index in [4.69, 9.17) is 4.74 Å². The SMILES string of the molecule is CC(=CC1CCCC(O)CC1)C(=O)OC(C)C. The fourth-order valence-electron chi connectivity index (χ4n) is 2.21. The van der Waals surface area contributed by atoms with Gasteiger partial charge in [0, 0.05) is 5.57 Å². The highest BCUT2D eigenvalue weighted by molar-refractivity contribution is 5.87. The number of hydrogen-bond donors (Lipinski definition) is 1. The fourth-order valence-corrected chi connectivity index (χ4v) is 2.21. The lowest BCUT2D eigenvalue weighted by atomic mass is 9.97. The highest BCUT2D eigenvalue weighted by Gasteiger charge is 2.17. The highest BCUT2D eigenvalue weighted by atomic mass is 16.5. The van der Waals surface area contributed by atoms with Crippen LogP contribution in [0, 0.1) is 5.92 Å². The monoisotopic (exact) mass is 240 g/mol. The summed E-state index contributed by atoms with van der Waals surface area (Å²) in [7, 11) is 0. The van der Waals surface area contributed by atoms with E-state index in [9.17, 15) is 9.90 Å². The molecule has 0 spiro atoms. The van der Waals surface area contributed by atoms with Gasteiger partial charge in [-0.2, -0.15) is 0 Å². The van der Waals surface area contributed by atoms with Crippen LogP contribution in [0.3, 0.4) is 0 Å². The van der Waals surface area contributed by atoms with Crippen molar-refractivity contribution in [3.63, 3.8) is 0 Å². The van der Waals surface area contributed by atoms with Crippen molar-refractivity contribution < 1.29 is 14.6 Å². The van der Waals surface area contributed by atoms with Crippen molar-refractivity contribution in [2.45, 2.75) is 65.1 Å². The van der Waals surface area contributed by atoms with Gasteiger partial charge in [0.25, 0.3) is 0 Å². The van der Waals surface area contributed by atoms with E-state index < -0.39 is 0 Å². The topological polar surface area (TPSA) is 46.5 Å². The van der Waals surface area contributed by atoms with E-state index >= 15 is 0 Å². The second-order valence-electron chi connectivity index (χ2n) is 5.23. The zero-order chi connectivity index (χ0) is 12.8. The van der Waals surface area contributed by atoms with Gasteiger partial charge < -0.3 is 9.84 Å². The summed E-state index contributed by atoms with van der Waals surface area (Å²) in [6, 6.07) is 0. The Morgan fingerprint density at radius 3 is 2.65 bits per heavy atom. The molecule has 1 saturated carbocycles. The van der Waals surface area contributed by atoms with Crippen molar-refractivity contribution in [3.8, 4) is 0 Å². The molecule has 3 nitrogen and oxygen atoms in total. The van der Waals surface area contributed by atoms with Crippen LogP contribution >= 0.6 is 0 Å². The molecule has 3 heteroatoms. The Bertz CT molecular complexity index is 281. The van der Waals surface area contributed by atoms with Crippen LogP contribution in [0.4, 0.5) is 0 Å². The number of hydrogen-bond acceptors (Lipinski definition) is 3. The summed E-state index contributed by atoms with van der Waals surface area (Å²) in [6.45, 7) is 5.52. The maximum atomic E-state index is 11.6. The molecule has 1 rings (SSSR count). The molecule has 2 atom stereocenters. The van der Waals surface area contributed by atoms with E-state index in [-0.39, 0.29) is 18.2 Å². The molecule has 1 fully saturated rings. The van der Waals surface area contributed by atoms with Crippen molar-refractivity contribution in [1.29, 1.82) is 0 Å². The highest BCUT2D eigenvalue weighted by Crippen LogP contribution is 2.25. The second-order valence-corrected chi connectivity index (χ2v) is 5.23. The van der Waals surface area contributed by atoms with Gasteiger partial charge in [0.1, 0.15) is 0 Å². The third-order valence-corrected chi connectivity index (χ3v) is 3.13. The predicted molar refractivity (Wildman–Crippen MR) is 67.6 cm³/mol. The molecule has 0 bridgehead atoms. The molecule has 1 N–H and O–H groups in total. The van der Waals surface area contributed by atoms with Crippen molar-refractivity contribution in [3.05, 3.63) is 11.6 Å². The third kappa shape index (κ3) is 5.35. The minimum atomic E-state index is -0.218. The van der Waals surface area contributed by atoms with Gasteiger partial charge in [0.05, 0.1) is 12.2 Å². The molecule has 0 aromatic carbocycles. The quantitative estimate of drug-likeness (QED) is 0.469. The average molecular weight is 240 g/mol.